The molecule has 2 aromatic rings. The van der Waals surface area contributed by atoms with Crippen molar-refractivity contribution < 1.29 is 27.8 Å². The summed E-state index contributed by atoms with van der Waals surface area (Å²) in [7, 11) is 0. The smallest absolute Gasteiger partial charge is 0.417 e. The van der Waals surface area contributed by atoms with Gasteiger partial charge in [-0.05, 0) is 46.3 Å². The topological polar surface area (TPSA) is 46.5 Å². The van der Waals surface area contributed by atoms with Crippen molar-refractivity contribution in [3.05, 3.63) is 58.1 Å². The van der Waals surface area contributed by atoms with Gasteiger partial charge in [0.05, 0.1) is 15.6 Å². The van der Waals surface area contributed by atoms with E-state index in [0.717, 1.165) is 6.07 Å². The van der Waals surface area contributed by atoms with Crippen LogP contribution >= 0.6 is 15.9 Å². The van der Waals surface area contributed by atoms with Crippen molar-refractivity contribution >= 4 is 21.9 Å². The predicted octanol–water partition coefficient (Wildman–Crippen LogP) is 4.96. The van der Waals surface area contributed by atoms with Crippen molar-refractivity contribution in [2.45, 2.75) is 6.18 Å². The second kappa shape index (κ2) is 5.77. The van der Waals surface area contributed by atoms with E-state index in [1.807, 2.05) is 0 Å². The Morgan fingerprint density at radius 1 is 1.14 bits per heavy atom. The Labute approximate surface area is 126 Å². The van der Waals surface area contributed by atoms with Gasteiger partial charge in [0.15, 0.2) is 0 Å². The molecule has 0 radical (unpaired) electrons. The predicted molar refractivity (Wildman–Crippen MR) is 72.6 cm³/mol. The van der Waals surface area contributed by atoms with Crippen LogP contribution in [0.1, 0.15) is 15.9 Å². The molecular formula is C14H8BrF3O3. The summed E-state index contributed by atoms with van der Waals surface area (Å²) in [6, 6.07) is 9.36. The molecule has 0 unspecified atom stereocenters. The van der Waals surface area contributed by atoms with Gasteiger partial charge < -0.3 is 9.84 Å². The van der Waals surface area contributed by atoms with E-state index in [2.05, 4.69) is 15.9 Å². The molecule has 0 atom stereocenters. The molecule has 3 nitrogen and oxygen atoms in total. The van der Waals surface area contributed by atoms with Crippen molar-refractivity contribution in [1.29, 1.82) is 0 Å². The van der Waals surface area contributed by atoms with Crippen LogP contribution in [0.25, 0.3) is 0 Å². The van der Waals surface area contributed by atoms with Gasteiger partial charge in [-0.15, -0.1) is 0 Å². The number of para-hydroxylation sites is 1. The first-order valence-corrected chi connectivity index (χ1v) is 6.45. The minimum Gasteiger partial charge on any atom is -0.478 e. The van der Waals surface area contributed by atoms with E-state index in [9.17, 15) is 18.0 Å². The summed E-state index contributed by atoms with van der Waals surface area (Å²) >= 11 is 3.21. The number of hydrogen-bond acceptors (Lipinski definition) is 2. The molecule has 0 bridgehead atoms. The van der Waals surface area contributed by atoms with Gasteiger partial charge in [-0.3, -0.25) is 0 Å². The number of alkyl halides is 3. The van der Waals surface area contributed by atoms with E-state index in [1.54, 1.807) is 24.3 Å². The molecule has 2 aromatic carbocycles. The minimum absolute atomic E-state index is 0.0979. The van der Waals surface area contributed by atoms with Crippen LogP contribution in [-0.2, 0) is 6.18 Å². The lowest BCUT2D eigenvalue weighted by Crippen LogP contribution is -2.12. The van der Waals surface area contributed by atoms with E-state index in [4.69, 9.17) is 9.84 Å². The maximum absolute atomic E-state index is 12.9. The van der Waals surface area contributed by atoms with Crippen molar-refractivity contribution in [1.82, 2.24) is 0 Å². The Bertz CT molecular complexity index is 683. The molecule has 21 heavy (non-hydrogen) atoms. The third-order valence-corrected chi connectivity index (χ3v) is 3.25. The Morgan fingerprint density at radius 2 is 1.81 bits per heavy atom. The Kier molecular flexibility index (Phi) is 4.22. The average molecular weight is 361 g/mol. The molecule has 0 aliphatic rings. The highest BCUT2D eigenvalue weighted by atomic mass is 79.9. The monoisotopic (exact) mass is 360 g/mol. The maximum Gasteiger partial charge on any atom is 0.417 e. The van der Waals surface area contributed by atoms with Crippen LogP contribution in [0.15, 0.2) is 46.9 Å². The number of halogens is 4. The van der Waals surface area contributed by atoms with E-state index in [1.165, 1.54) is 6.07 Å². The van der Waals surface area contributed by atoms with Crippen LogP contribution in [0.2, 0.25) is 0 Å². The van der Waals surface area contributed by atoms with Crippen LogP contribution in [0, 0.1) is 0 Å². The molecule has 0 aliphatic heterocycles. The van der Waals surface area contributed by atoms with Crippen LogP contribution in [0.3, 0.4) is 0 Å². The maximum atomic E-state index is 12.9. The fraction of sp³-hybridized carbons (Fsp3) is 0.0714. The molecular weight excluding hydrogens is 353 g/mol. The molecule has 0 aliphatic carbocycles. The molecule has 0 saturated heterocycles. The Balaban J connectivity index is 2.43. The number of benzene rings is 2. The normalized spacial score (nSPS) is 11.2. The highest BCUT2D eigenvalue weighted by Gasteiger charge is 2.35. The zero-order chi connectivity index (χ0) is 15.6. The van der Waals surface area contributed by atoms with E-state index in [-0.39, 0.29) is 5.75 Å². The number of aromatic carboxylic acids is 1. The fourth-order valence-electron chi connectivity index (χ4n) is 1.66. The van der Waals surface area contributed by atoms with E-state index in [0.29, 0.717) is 16.3 Å². The van der Waals surface area contributed by atoms with Crippen LogP contribution in [-0.4, -0.2) is 11.1 Å². The zero-order valence-electron chi connectivity index (χ0n) is 10.3. The number of hydrogen-bond donors (Lipinski definition) is 1. The van der Waals surface area contributed by atoms with Crippen molar-refractivity contribution in [2.75, 3.05) is 0 Å². The van der Waals surface area contributed by atoms with Crippen LogP contribution in [0.4, 0.5) is 13.2 Å². The van der Waals surface area contributed by atoms with Crippen molar-refractivity contribution in [2.24, 2.45) is 0 Å². The lowest BCUT2D eigenvalue weighted by atomic mass is 10.1. The third kappa shape index (κ3) is 3.55. The van der Waals surface area contributed by atoms with Gasteiger partial charge in [0, 0.05) is 0 Å². The molecule has 0 fully saturated rings. The fourth-order valence-corrected chi connectivity index (χ4v) is 2.03. The Hall–Kier alpha value is -2.02. The number of carboxylic acids is 1. The summed E-state index contributed by atoms with van der Waals surface area (Å²) in [6.45, 7) is 0. The van der Waals surface area contributed by atoms with Crippen LogP contribution < -0.4 is 4.74 Å². The second-order valence-corrected chi connectivity index (χ2v) is 4.90. The van der Waals surface area contributed by atoms with Gasteiger partial charge in [-0.25, -0.2) is 4.79 Å². The number of ether oxygens (including phenoxy) is 1. The lowest BCUT2D eigenvalue weighted by molar-refractivity contribution is -0.138. The second-order valence-electron chi connectivity index (χ2n) is 4.04. The number of carbonyl (C=O) groups is 1. The molecule has 1 N–H and O–H groups in total. The molecule has 0 amide bonds. The Morgan fingerprint density at radius 3 is 2.38 bits per heavy atom. The lowest BCUT2D eigenvalue weighted by Gasteiger charge is -2.13. The number of carboxylic acid groups (broad SMARTS) is 1. The molecule has 0 spiro atoms. The summed E-state index contributed by atoms with van der Waals surface area (Å²) in [5.41, 5.74) is -2.07. The quantitative estimate of drug-likeness (QED) is 0.841. The summed E-state index contributed by atoms with van der Waals surface area (Å²) in [5.74, 6) is -1.41. The van der Waals surface area contributed by atoms with Gasteiger partial charge in [0.2, 0.25) is 0 Å². The standard InChI is InChI=1S/C14H8BrF3O3/c15-11-3-1-2-4-12(11)21-8-5-6-9(13(19)20)10(7-8)14(16,17)18/h1-7H,(H,19,20). The molecule has 2 rings (SSSR count). The number of rotatable bonds is 3. The van der Waals surface area contributed by atoms with Gasteiger partial charge >= 0.3 is 12.1 Å². The van der Waals surface area contributed by atoms with Crippen LogP contribution in [0.5, 0.6) is 11.5 Å². The first-order chi connectivity index (χ1) is 9.79. The largest absolute Gasteiger partial charge is 0.478 e. The molecule has 110 valence electrons. The highest BCUT2D eigenvalue weighted by molar-refractivity contribution is 9.10. The minimum atomic E-state index is -4.78. The summed E-state index contributed by atoms with van der Waals surface area (Å²) < 4.78 is 44.5. The molecule has 0 heterocycles. The first kappa shape index (κ1) is 15.4. The van der Waals surface area contributed by atoms with E-state index >= 15 is 0 Å². The molecule has 0 saturated carbocycles. The molecule has 7 heteroatoms. The van der Waals surface area contributed by atoms with Gasteiger partial charge in [-0.2, -0.15) is 13.2 Å². The SMILES string of the molecule is O=C(O)c1ccc(Oc2ccccc2Br)cc1C(F)(F)F. The van der Waals surface area contributed by atoms with Crippen molar-refractivity contribution in [3.8, 4) is 11.5 Å². The summed E-state index contributed by atoms with van der Waals surface area (Å²) in [6.07, 6.45) is -4.78. The van der Waals surface area contributed by atoms with Gasteiger partial charge in [0.1, 0.15) is 11.5 Å². The average Bonchev–Trinajstić information content (AvgIpc) is 2.40. The van der Waals surface area contributed by atoms with Crippen molar-refractivity contribution in [3.63, 3.8) is 0 Å². The molecule has 0 aromatic heterocycles. The van der Waals surface area contributed by atoms with Gasteiger partial charge in [-0.1, -0.05) is 12.1 Å². The third-order valence-electron chi connectivity index (χ3n) is 2.59. The summed E-state index contributed by atoms with van der Waals surface area (Å²) in [4.78, 5) is 10.8. The summed E-state index contributed by atoms with van der Waals surface area (Å²) in [5, 5.41) is 8.81. The first-order valence-electron chi connectivity index (χ1n) is 5.66. The van der Waals surface area contributed by atoms with E-state index < -0.39 is 23.3 Å². The van der Waals surface area contributed by atoms with Gasteiger partial charge in [0.25, 0.3) is 0 Å². The highest BCUT2D eigenvalue weighted by Crippen LogP contribution is 2.36. The zero-order valence-corrected chi connectivity index (χ0v) is 11.9.